The van der Waals surface area contributed by atoms with Gasteiger partial charge in [0, 0.05) is 0 Å². The van der Waals surface area contributed by atoms with Gasteiger partial charge in [-0.25, -0.2) is 0 Å². The number of rotatable bonds is 3. The lowest BCUT2D eigenvalue weighted by molar-refractivity contribution is 0.474. The number of hydrogen-bond donors (Lipinski definition) is 1. The number of hydrogen-bond acceptors (Lipinski definition) is 1. The lowest BCUT2D eigenvalue weighted by atomic mass is 10.4. The SMILES string of the molecule is C=CC=CC=CC=CO. The standard InChI is InChI=1S/C8H10O/c1-2-3-4-5-6-7-8-9/h2-9H,1H2. The highest BCUT2D eigenvalue weighted by Crippen LogP contribution is 1.78. The lowest BCUT2D eigenvalue weighted by Crippen LogP contribution is -1.49. The second-order valence-electron chi connectivity index (χ2n) is 1.35. The van der Waals surface area contributed by atoms with Crippen molar-refractivity contribution in [2.24, 2.45) is 0 Å². The van der Waals surface area contributed by atoms with Crippen LogP contribution in [0.25, 0.3) is 0 Å². The van der Waals surface area contributed by atoms with Crippen LogP contribution in [0.2, 0.25) is 0 Å². The van der Waals surface area contributed by atoms with Gasteiger partial charge >= 0.3 is 0 Å². The van der Waals surface area contributed by atoms with E-state index in [1.807, 2.05) is 12.2 Å². The van der Waals surface area contributed by atoms with E-state index in [0.717, 1.165) is 6.26 Å². The van der Waals surface area contributed by atoms with E-state index in [0.29, 0.717) is 0 Å². The fraction of sp³-hybridized carbons (Fsp3) is 0. The Morgan fingerprint density at radius 3 is 2.00 bits per heavy atom. The van der Waals surface area contributed by atoms with Crippen molar-refractivity contribution in [2.45, 2.75) is 0 Å². The molecule has 9 heavy (non-hydrogen) atoms. The summed E-state index contributed by atoms with van der Waals surface area (Å²) in [6, 6.07) is 0. The Bertz CT molecular complexity index is 141. The summed E-state index contributed by atoms with van der Waals surface area (Å²) in [5.41, 5.74) is 0. The molecule has 0 aliphatic rings. The predicted molar refractivity (Wildman–Crippen MR) is 40.2 cm³/mol. The first-order chi connectivity index (χ1) is 4.41. The minimum Gasteiger partial charge on any atom is -0.516 e. The Hall–Kier alpha value is -1.24. The average molecular weight is 122 g/mol. The quantitative estimate of drug-likeness (QED) is 0.450. The van der Waals surface area contributed by atoms with Gasteiger partial charge in [0.2, 0.25) is 0 Å². The van der Waals surface area contributed by atoms with E-state index >= 15 is 0 Å². The monoisotopic (exact) mass is 122 g/mol. The van der Waals surface area contributed by atoms with Gasteiger partial charge in [-0.15, -0.1) is 0 Å². The first-order valence-electron chi connectivity index (χ1n) is 2.67. The van der Waals surface area contributed by atoms with Gasteiger partial charge in [-0.1, -0.05) is 37.0 Å². The van der Waals surface area contributed by atoms with E-state index in [9.17, 15) is 0 Å². The molecule has 1 heteroatoms. The molecule has 0 unspecified atom stereocenters. The molecule has 0 spiro atoms. The molecule has 0 saturated carbocycles. The fourth-order valence-corrected chi connectivity index (χ4v) is 0.321. The van der Waals surface area contributed by atoms with Crippen LogP contribution in [0.4, 0.5) is 0 Å². The van der Waals surface area contributed by atoms with Gasteiger partial charge in [0.25, 0.3) is 0 Å². The summed E-state index contributed by atoms with van der Waals surface area (Å²) in [4.78, 5) is 0. The minimum absolute atomic E-state index is 0.984. The molecule has 0 aromatic carbocycles. The van der Waals surface area contributed by atoms with Gasteiger partial charge in [-0.2, -0.15) is 0 Å². The summed E-state index contributed by atoms with van der Waals surface area (Å²) in [5.74, 6) is 0. The highest BCUT2D eigenvalue weighted by molar-refractivity contribution is 5.13. The normalized spacial score (nSPS) is 12.0. The van der Waals surface area contributed by atoms with Crippen LogP contribution in [-0.2, 0) is 0 Å². The van der Waals surface area contributed by atoms with Crippen LogP contribution in [-0.4, -0.2) is 5.11 Å². The van der Waals surface area contributed by atoms with Gasteiger partial charge in [0.1, 0.15) is 0 Å². The number of aliphatic hydroxyl groups is 1. The van der Waals surface area contributed by atoms with Crippen molar-refractivity contribution in [3.63, 3.8) is 0 Å². The summed E-state index contributed by atoms with van der Waals surface area (Å²) < 4.78 is 0. The summed E-state index contributed by atoms with van der Waals surface area (Å²) in [5, 5.41) is 8.15. The van der Waals surface area contributed by atoms with Crippen LogP contribution in [0.1, 0.15) is 0 Å². The maximum atomic E-state index is 8.15. The maximum Gasteiger partial charge on any atom is 0.0791 e. The molecule has 0 fully saturated rings. The van der Waals surface area contributed by atoms with Gasteiger partial charge in [0.05, 0.1) is 6.26 Å². The van der Waals surface area contributed by atoms with Gasteiger partial charge in [-0.3, -0.25) is 0 Å². The zero-order valence-corrected chi connectivity index (χ0v) is 5.20. The highest BCUT2D eigenvalue weighted by Gasteiger charge is 1.57. The molecule has 0 aromatic rings. The molecule has 0 aromatic heterocycles. The third kappa shape index (κ3) is 6.76. The maximum absolute atomic E-state index is 8.15. The summed E-state index contributed by atoms with van der Waals surface area (Å²) in [6.45, 7) is 3.49. The summed E-state index contributed by atoms with van der Waals surface area (Å²) in [7, 11) is 0. The van der Waals surface area contributed by atoms with Gasteiger partial charge in [-0.05, 0) is 6.08 Å². The van der Waals surface area contributed by atoms with E-state index < -0.39 is 0 Å². The molecule has 48 valence electrons. The van der Waals surface area contributed by atoms with E-state index in [-0.39, 0.29) is 0 Å². The Labute approximate surface area is 55.3 Å². The van der Waals surface area contributed by atoms with Crippen molar-refractivity contribution in [3.05, 3.63) is 49.3 Å². The number of aliphatic hydroxyl groups excluding tert-OH is 1. The zero-order chi connectivity index (χ0) is 6.95. The molecular weight excluding hydrogens is 112 g/mol. The van der Waals surface area contributed by atoms with E-state index in [1.54, 1.807) is 18.2 Å². The third-order valence-corrected chi connectivity index (χ3v) is 0.667. The molecule has 0 atom stereocenters. The molecule has 0 radical (unpaired) electrons. The largest absolute Gasteiger partial charge is 0.516 e. The Balaban J connectivity index is 3.46. The molecule has 0 amide bonds. The zero-order valence-electron chi connectivity index (χ0n) is 5.20. The van der Waals surface area contributed by atoms with E-state index in [2.05, 4.69) is 6.58 Å². The lowest BCUT2D eigenvalue weighted by Gasteiger charge is -1.69. The molecule has 0 heterocycles. The molecular formula is C8H10O. The smallest absolute Gasteiger partial charge is 0.0791 e. The molecule has 0 saturated heterocycles. The Morgan fingerprint density at radius 2 is 1.44 bits per heavy atom. The van der Waals surface area contributed by atoms with E-state index in [1.165, 1.54) is 6.08 Å². The second-order valence-corrected chi connectivity index (χ2v) is 1.35. The predicted octanol–water partition coefficient (Wildman–Crippen LogP) is 2.36. The highest BCUT2D eigenvalue weighted by atomic mass is 16.2. The fourth-order valence-electron chi connectivity index (χ4n) is 0.321. The Kier molecular flexibility index (Phi) is 5.83. The van der Waals surface area contributed by atoms with Gasteiger partial charge < -0.3 is 5.11 Å². The minimum atomic E-state index is 0.984. The van der Waals surface area contributed by atoms with E-state index in [4.69, 9.17) is 5.11 Å². The van der Waals surface area contributed by atoms with Crippen LogP contribution in [0, 0.1) is 0 Å². The molecule has 0 aliphatic heterocycles. The summed E-state index contributed by atoms with van der Waals surface area (Å²) in [6.07, 6.45) is 11.4. The van der Waals surface area contributed by atoms with Crippen molar-refractivity contribution in [2.75, 3.05) is 0 Å². The van der Waals surface area contributed by atoms with Gasteiger partial charge in [0.15, 0.2) is 0 Å². The topological polar surface area (TPSA) is 20.2 Å². The van der Waals surface area contributed by atoms with Crippen molar-refractivity contribution >= 4 is 0 Å². The van der Waals surface area contributed by atoms with Crippen molar-refractivity contribution < 1.29 is 5.11 Å². The van der Waals surface area contributed by atoms with Crippen LogP contribution in [0.3, 0.4) is 0 Å². The molecule has 0 rings (SSSR count). The first kappa shape index (κ1) is 7.76. The van der Waals surface area contributed by atoms with Crippen molar-refractivity contribution in [1.29, 1.82) is 0 Å². The van der Waals surface area contributed by atoms with Crippen LogP contribution < -0.4 is 0 Å². The van der Waals surface area contributed by atoms with Crippen molar-refractivity contribution in [1.82, 2.24) is 0 Å². The van der Waals surface area contributed by atoms with Crippen LogP contribution in [0.5, 0.6) is 0 Å². The van der Waals surface area contributed by atoms with Crippen LogP contribution >= 0.6 is 0 Å². The molecule has 1 N–H and O–H groups in total. The first-order valence-corrected chi connectivity index (χ1v) is 2.67. The molecule has 0 aliphatic carbocycles. The molecule has 1 nitrogen and oxygen atoms in total. The van der Waals surface area contributed by atoms with Crippen molar-refractivity contribution in [3.8, 4) is 0 Å². The summed E-state index contributed by atoms with van der Waals surface area (Å²) >= 11 is 0. The Morgan fingerprint density at radius 1 is 0.889 bits per heavy atom. The average Bonchev–Trinajstić information content (AvgIpc) is 1.89. The molecule has 0 bridgehead atoms. The van der Waals surface area contributed by atoms with Crippen LogP contribution in [0.15, 0.2) is 49.3 Å². The second kappa shape index (κ2) is 6.76. The number of allylic oxidation sites excluding steroid dienone is 6. The third-order valence-electron chi connectivity index (χ3n) is 0.667.